The normalized spacial score (nSPS) is 23.8. The molecule has 12 heteroatoms. The molecule has 35 heavy (non-hydrogen) atoms. The molecular weight excluding hydrogens is 484 g/mol. The van der Waals surface area contributed by atoms with E-state index in [1.54, 1.807) is 0 Å². The van der Waals surface area contributed by atoms with Crippen molar-refractivity contribution in [3.05, 3.63) is 44.8 Å². The Bertz CT molecular complexity index is 1080. The highest BCUT2D eigenvalue weighted by Crippen LogP contribution is 2.44. The van der Waals surface area contributed by atoms with Gasteiger partial charge in [0, 0.05) is 12.3 Å². The molecule has 1 aliphatic heterocycles. The number of hydrogen-bond donors (Lipinski definition) is 3. The number of ether oxygens (including phenoxy) is 1. The van der Waals surface area contributed by atoms with Gasteiger partial charge in [-0.15, -0.1) is 0 Å². The van der Waals surface area contributed by atoms with Gasteiger partial charge in [-0.1, -0.05) is 46.7 Å². The summed E-state index contributed by atoms with van der Waals surface area (Å²) in [6, 6.07) is 1.26. The third-order valence-corrected chi connectivity index (χ3v) is 16.4. The van der Waals surface area contributed by atoms with Crippen molar-refractivity contribution in [2.45, 2.75) is 96.2 Å². The fourth-order valence-corrected chi connectivity index (χ4v) is 5.38. The largest absolute Gasteiger partial charge is 0.414 e. The van der Waals surface area contributed by atoms with Crippen LogP contribution in [0.25, 0.3) is 0 Å². The maximum Gasteiger partial charge on any atom is 0.330 e. The number of aromatic amines is 1. The number of nitrogens with one attached hydrogen (secondary N) is 1. The summed E-state index contributed by atoms with van der Waals surface area (Å²) in [4.78, 5) is 26.7. The van der Waals surface area contributed by atoms with E-state index < -0.39 is 46.3 Å². The molecule has 4 N–H and O–H groups in total. The van der Waals surface area contributed by atoms with Crippen molar-refractivity contribution in [3.63, 3.8) is 0 Å². The Labute approximate surface area is 209 Å². The van der Waals surface area contributed by atoms with Gasteiger partial charge in [-0.05, 0) is 47.9 Å². The minimum absolute atomic E-state index is 0.0205. The molecule has 198 valence electrons. The predicted molar refractivity (Wildman–Crippen MR) is 142 cm³/mol. The molecule has 0 amide bonds. The van der Waals surface area contributed by atoms with Gasteiger partial charge in [0.25, 0.3) is 5.56 Å². The number of amidine groups is 1. The molecule has 0 saturated carbocycles. The minimum Gasteiger partial charge on any atom is -0.414 e. The van der Waals surface area contributed by atoms with Gasteiger partial charge in [-0.25, -0.2) is 4.79 Å². The molecule has 2 heterocycles. The van der Waals surface area contributed by atoms with Gasteiger partial charge in [0.1, 0.15) is 12.2 Å². The molecule has 0 spiro atoms. The van der Waals surface area contributed by atoms with Gasteiger partial charge < -0.3 is 24.5 Å². The molecule has 3 atom stereocenters. The third-order valence-electron chi connectivity index (χ3n) is 7.45. The lowest BCUT2D eigenvalue weighted by Crippen LogP contribution is -2.47. The summed E-state index contributed by atoms with van der Waals surface area (Å²) < 4.78 is 20.9. The van der Waals surface area contributed by atoms with E-state index in [1.807, 2.05) is 0 Å². The van der Waals surface area contributed by atoms with Crippen molar-refractivity contribution in [2.24, 2.45) is 10.9 Å². The molecule has 0 bridgehead atoms. The van der Waals surface area contributed by atoms with Crippen LogP contribution in [0.3, 0.4) is 0 Å². The van der Waals surface area contributed by atoms with Crippen LogP contribution in [0.1, 0.15) is 47.8 Å². The van der Waals surface area contributed by atoms with E-state index in [1.165, 1.54) is 22.9 Å². The number of rotatable bonds is 7. The molecule has 0 radical (unpaired) electrons. The standard InChI is InChI=1S/C23H42N4O6Si2/c1-22(2,3)34(7,8)31-14-16-15(13-17(24)26-30)19(33-35(9,10)23(4,5)6)20(32-16)27-12-11-18(28)25-21(27)29/h11-13,16,19-20,30H,14H2,1-10H3,(H2,24,26)(H,25,28,29)/b15-13-. The maximum absolute atomic E-state index is 12.7. The second-order valence-electron chi connectivity index (χ2n) is 12.1. The fraction of sp³-hybridized carbons (Fsp3) is 0.696. The Morgan fingerprint density at radius 2 is 1.74 bits per heavy atom. The summed E-state index contributed by atoms with van der Waals surface area (Å²) in [7, 11) is -4.51. The molecule has 2 rings (SSSR count). The summed E-state index contributed by atoms with van der Waals surface area (Å²) in [5.41, 5.74) is 5.39. The summed E-state index contributed by atoms with van der Waals surface area (Å²) in [5, 5.41) is 12.2. The van der Waals surface area contributed by atoms with Gasteiger partial charge in [0.2, 0.25) is 0 Å². The average molecular weight is 527 g/mol. The molecule has 1 aromatic heterocycles. The molecule has 1 aromatic rings. The van der Waals surface area contributed by atoms with Crippen LogP contribution in [-0.2, 0) is 13.6 Å². The smallest absolute Gasteiger partial charge is 0.330 e. The first-order valence-corrected chi connectivity index (χ1v) is 17.6. The van der Waals surface area contributed by atoms with Crippen molar-refractivity contribution >= 4 is 22.5 Å². The van der Waals surface area contributed by atoms with Crippen LogP contribution in [0.15, 0.2) is 38.7 Å². The topological polar surface area (TPSA) is 141 Å². The zero-order valence-electron chi connectivity index (χ0n) is 22.6. The van der Waals surface area contributed by atoms with Crippen LogP contribution in [0.2, 0.25) is 36.3 Å². The summed E-state index contributed by atoms with van der Waals surface area (Å²) in [6.07, 6.45) is 0.718. The van der Waals surface area contributed by atoms with Crippen molar-refractivity contribution in [1.29, 1.82) is 0 Å². The van der Waals surface area contributed by atoms with Crippen LogP contribution in [0.5, 0.6) is 0 Å². The zero-order valence-corrected chi connectivity index (χ0v) is 24.6. The van der Waals surface area contributed by atoms with Gasteiger partial charge in [-0.2, -0.15) is 0 Å². The van der Waals surface area contributed by atoms with Crippen molar-refractivity contribution < 1.29 is 18.8 Å². The number of H-pyrrole nitrogens is 1. The van der Waals surface area contributed by atoms with E-state index in [0.717, 1.165) is 0 Å². The van der Waals surface area contributed by atoms with Gasteiger partial charge in [0.15, 0.2) is 28.7 Å². The molecule has 0 aromatic carbocycles. The highest BCUT2D eigenvalue weighted by atomic mass is 28.4. The van der Waals surface area contributed by atoms with Crippen LogP contribution in [-0.4, -0.2) is 56.0 Å². The molecule has 1 aliphatic rings. The van der Waals surface area contributed by atoms with Crippen LogP contribution >= 0.6 is 0 Å². The summed E-state index contributed by atoms with van der Waals surface area (Å²) in [5.74, 6) is -0.112. The van der Waals surface area contributed by atoms with E-state index >= 15 is 0 Å². The van der Waals surface area contributed by atoms with E-state index in [0.29, 0.717) is 5.57 Å². The van der Waals surface area contributed by atoms with Crippen LogP contribution in [0.4, 0.5) is 0 Å². The number of hydrogen-bond acceptors (Lipinski definition) is 7. The Kier molecular flexibility index (Phi) is 8.49. The zero-order chi connectivity index (χ0) is 27.0. The lowest BCUT2D eigenvalue weighted by molar-refractivity contribution is -0.0483. The number of oxime groups is 1. The molecule has 1 fully saturated rings. The fourth-order valence-electron chi connectivity index (χ4n) is 3.14. The SMILES string of the molecule is CC(C)(C)[Si](C)(C)OCC1OC(n2ccc(=O)[nH]c2=O)C(O[Si](C)(C)C(C)(C)C)/C1=C\C(N)=N\O. The highest BCUT2D eigenvalue weighted by Gasteiger charge is 2.49. The Hall–Kier alpha value is -2.00. The first kappa shape index (κ1) is 29.2. The molecule has 10 nitrogen and oxygen atoms in total. The highest BCUT2D eigenvalue weighted by molar-refractivity contribution is 6.74. The summed E-state index contributed by atoms with van der Waals surface area (Å²) >= 11 is 0. The number of nitrogens with two attached hydrogens (primary N) is 1. The van der Waals surface area contributed by atoms with Gasteiger partial charge >= 0.3 is 5.69 Å². The first-order valence-electron chi connectivity index (χ1n) is 11.8. The average Bonchev–Trinajstić information content (AvgIpc) is 3.01. The van der Waals surface area contributed by atoms with Crippen molar-refractivity contribution in [3.8, 4) is 0 Å². The van der Waals surface area contributed by atoms with Crippen LogP contribution in [0, 0.1) is 0 Å². The maximum atomic E-state index is 12.7. The van der Waals surface area contributed by atoms with Gasteiger partial charge in [0.05, 0.1) is 6.61 Å². The summed E-state index contributed by atoms with van der Waals surface area (Å²) in [6.45, 7) is 21.5. The quantitative estimate of drug-likeness (QED) is 0.162. The minimum atomic E-state index is -2.38. The van der Waals surface area contributed by atoms with E-state index in [9.17, 15) is 14.8 Å². The monoisotopic (exact) mass is 526 g/mol. The molecule has 1 saturated heterocycles. The lowest BCUT2D eigenvalue weighted by atomic mass is 10.1. The van der Waals surface area contributed by atoms with Crippen LogP contribution < -0.4 is 17.0 Å². The third kappa shape index (κ3) is 6.61. The number of aromatic nitrogens is 2. The molecule has 0 aliphatic carbocycles. The van der Waals surface area contributed by atoms with Crippen molar-refractivity contribution in [2.75, 3.05) is 6.61 Å². The van der Waals surface area contributed by atoms with E-state index in [2.05, 4.69) is 77.9 Å². The van der Waals surface area contributed by atoms with Gasteiger partial charge in [-0.3, -0.25) is 14.3 Å². The molecule has 3 unspecified atom stereocenters. The number of nitrogens with zero attached hydrogens (tertiary/aromatic N) is 2. The second kappa shape index (κ2) is 10.2. The first-order chi connectivity index (χ1) is 15.8. The van der Waals surface area contributed by atoms with Crippen molar-refractivity contribution in [1.82, 2.24) is 9.55 Å². The Balaban J connectivity index is 2.62. The van der Waals surface area contributed by atoms with E-state index in [-0.39, 0.29) is 22.5 Å². The Morgan fingerprint density at radius 3 is 2.23 bits per heavy atom. The lowest BCUT2D eigenvalue weighted by Gasteiger charge is -2.39. The van der Waals surface area contributed by atoms with E-state index in [4.69, 9.17) is 19.3 Å². The predicted octanol–water partition coefficient (Wildman–Crippen LogP) is 3.52. The molecular formula is C23H42N4O6Si2. The second-order valence-corrected chi connectivity index (χ2v) is 21.6. The Morgan fingerprint density at radius 1 is 1.17 bits per heavy atom.